The van der Waals surface area contributed by atoms with Crippen LogP contribution in [0.2, 0.25) is 0 Å². The van der Waals surface area contributed by atoms with E-state index in [1.54, 1.807) is 30.4 Å². The van der Waals surface area contributed by atoms with Crippen molar-refractivity contribution in [2.45, 2.75) is 33.2 Å². The van der Waals surface area contributed by atoms with Gasteiger partial charge in [-0.25, -0.2) is 14.8 Å². The number of hydrogen-bond acceptors (Lipinski definition) is 5. The van der Waals surface area contributed by atoms with Gasteiger partial charge in [0, 0.05) is 11.1 Å². The van der Waals surface area contributed by atoms with Gasteiger partial charge in [0.05, 0.1) is 17.3 Å². The van der Waals surface area contributed by atoms with E-state index >= 15 is 0 Å². The highest BCUT2D eigenvalue weighted by molar-refractivity contribution is 7.11. The van der Waals surface area contributed by atoms with Crippen molar-refractivity contribution in [3.05, 3.63) is 39.5 Å². The number of aromatic carboxylic acids is 1. The highest BCUT2D eigenvalue weighted by Crippen LogP contribution is 2.23. The lowest BCUT2D eigenvalue weighted by Gasteiger charge is -2.12. The number of anilines is 1. The van der Waals surface area contributed by atoms with Gasteiger partial charge in [-0.05, 0) is 32.4 Å². The summed E-state index contributed by atoms with van der Waals surface area (Å²) < 4.78 is 0. The number of carboxylic acid groups (broad SMARTS) is 1. The molecule has 106 valence electrons. The smallest absolute Gasteiger partial charge is 0.337 e. The van der Waals surface area contributed by atoms with Gasteiger partial charge in [-0.15, -0.1) is 11.3 Å². The van der Waals surface area contributed by atoms with Gasteiger partial charge < -0.3 is 10.4 Å². The van der Waals surface area contributed by atoms with E-state index in [1.807, 2.05) is 13.1 Å². The second-order valence-electron chi connectivity index (χ2n) is 4.52. The van der Waals surface area contributed by atoms with E-state index < -0.39 is 5.97 Å². The molecule has 2 N–H and O–H groups in total. The maximum atomic E-state index is 10.9. The Morgan fingerprint density at radius 2 is 2.25 bits per heavy atom. The van der Waals surface area contributed by atoms with Crippen molar-refractivity contribution in [3.63, 3.8) is 0 Å². The van der Waals surface area contributed by atoms with Crippen molar-refractivity contribution in [1.29, 1.82) is 0 Å². The lowest BCUT2D eigenvalue weighted by atomic mass is 10.2. The molecular formula is C14H17N3O2S. The van der Waals surface area contributed by atoms with Crippen LogP contribution in [0.15, 0.2) is 18.3 Å². The number of carboxylic acids is 1. The molecule has 5 nitrogen and oxygen atoms in total. The Bertz CT molecular complexity index is 625. The molecule has 0 saturated carbocycles. The van der Waals surface area contributed by atoms with Gasteiger partial charge in [-0.1, -0.05) is 6.92 Å². The molecule has 0 fully saturated rings. The Balaban J connectivity index is 2.13. The van der Waals surface area contributed by atoms with Crippen molar-refractivity contribution < 1.29 is 9.90 Å². The molecule has 0 saturated heterocycles. The van der Waals surface area contributed by atoms with E-state index in [-0.39, 0.29) is 11.6 Å². The Morgan fingerprint density at radius 1 is 1.50 bits per heavy atom. The summed E-state index contributed by atoms with van der Waals surface area (Å²) in [4.78, 5) is 20.9. The Kier molecular flexibility index (Phi) is 4.34. The van der Waals surface area contributed by atoms with Crippen LogP contribution in [0.4, 0.5) is 5.82 Å². The van der Waals surface area contributed by atoms with E-state index in [4.69, 9.17) is 5.11 Å². The molecule has 0 aliphatic rings. The highest BCUT2D eigenvalue weighted by atomic mass is 32.1. The lowest BCUT2D eigenvalue weighted by molar-refractivity contribution is 0.0695. The lowest BCUT2D eigenvalue weighted by Crippen LogP contribution is -2.09. The number of pyridine rings is 1. The van der Waals surface area contributed by atoms with E-state index in [0.29, 0.717) is 11.5 Å². The third-order valence-corrected chi connectivity index (χ3v) is 4.30. The van der Waals surface area contributed by atoms with E-state index in [1.165, 1.54) is 4.88 Å². The van der Waals surface area contributed by atoms with E-state index in [0.717, 1.165) is 11.4 Å². The molecule has 0 radical (unpaired) electrons. The summed E-state index contributed by atoms with van der Waals surface area (Å²) in [6, 6.07) is 3.29. The predicted octanol–water partition coefficient (Wildman–Crippen LogP) is 3.28. The summed E-state index contributed by atoms with van der Waals surface area (Å²) in [6.07, 6.45) is 2.87. The molecule has 2 rings (SSSR count). The third kappa shape index (κ3) is 3.14. The van der Waals surface area contributed by atoms with Crippen LogP contribution in [-0.4, -0.2) is 21.0 Å². The van der Waals surface area contributed by atoms with Gasteiger partial charge in [0.25, 0.3) is 0 Å². The van der Waals surface area contributed by atoms with Crippen LogP contribution in [0.3, 0.4) is 0 Å². The standard InChI is InChI=1S/C14H17N3O2S/c1-4-10-7-15-13(20-10)9(3)17-12-6-5-11(14(18)19)8(2)16-12/h5-7,9H,4H2,1-3H3,(H,16,17)(H,18,19). The molecule has 0 aromatic carbocycles. The van der Waals surface area contributed by atoms with E-state index in [2.05, 4.69) is 22.2 Å². The van der Waals surface area contributed by atoms with Crippen molar-refractivity contribution >= 4 is 23.1 Å². The SMILES string of the molecule is CCc1cnc(C(C)Nc2ccc(C(=O)O)c(C)n2)s1. The van der Waals surface area contributed by atoms with Crippen LogP contribution < -0.4 is 5.32 Å². The summed E-state index contributed by atoms with van der Waals surface area (Å²) in [5, 5.41) is 13.2. The summed E-state index contributed by atoms with van der Waals surface area (Å²) >= 11 is 1.68. The van der Waals surface area contributed by atoms with Gasteiger partial charge in [-0.2, -0.15) is 0 Å². The predicted molar refractivity (Wildman–Crippen MR) is 79.5 cm³/mol. The van der Waals surface area contributed by atoms with Gasteiger partial charge in [-0.3, -0.25) is 0 Å². The van der Waals surface area contributed by atoms with Crippen LogP contribution in [0.25, 0.3) is 0 Å². The molecule has 1 atom stereocenters. The minimum absolute atomic E-state index is 0.0443. The molecular weight excluding hydrogens is 274 g/mol. The number of nitrogens with zero attached hydrogens (tertiary/aromatic N) is 2. The molecule has 2 aromatic heterocycles. The largest absolute Gasteiger partial charge is 0.478 e. The number of aromatic nitrogens is 2. The van der Waals surface area contributed by atoms with Crippen LogP contribution in [0.1, 0.15) is 45.8 Å². The summed E-state index contributed by atoms with van der Waals surface area (Å²) in [7, 11) is 0. The number of hydrogen-bond donors (Lipinski definition) is 2. The molecule has 0 aliphatic carbocycles. The Morgan fingerprint density at radius 3 is 2.80 bits per heavy atom. The normalized spacial score (nSPS) is 12.2. The second-order valence-corrected chi connectivity index (χ2v) is 5.67. The minimum Gasteiger partial charge on any atom is -0.478 e. The Hall–Kier alpha value is -1.95. The summed E-state index contributed by atoms with van der Waals surface area (Å²) in [5.74, 6) is -0.296. The van der Waals surface area contributed by atoms with Crippen molar-refractivity contribution in [1.82, 2.24) is 9.97 Å². The van der Waals surface area contributed by atoms with Crippen LogP contribution in [0, 0.1) is 6.92 Å². The zero-order valence-corrected chi connectivity index (χ0v) is 12.5. The molecule has 6 heteroatoms. The first-order valence-corrected chi connectivity index (χ1v) is 7.25. The number of aryl methyl sites for hydroxylation is 2. The topological polar surface area (TPSA) is 75.1 Å². The molecule has 0 aliphatic heterocycles. The maximum Gasteiger partial charge on any atom is 0.337 e. The van der Waals surface area contributed by atoms with Crippen molar-refractivity contribution in [2.75, 3.05) is 5.32 Å². The summed E-state index contributed by atoms with van der Waals surface area (Å²) in [6.45, 7) is 5.81. The highest BCUT2D eigenvalue weighted by Gasteiger charge is 2.13. The van der Waals surface area contributed by atoms with Crippen LogP contribution in [-0.2, 0) is 6.42 Å². The second kappa shape index (κ2) is 6.00. The van der Waals surface area contributed by atoms with Gasteiger partial charge in [0.15, 0.2) is 0 Å². The van der Waals surface area contributed by atoms with Crippen molar-refractivity contribution in [3.8, 4) is 0 Å². The van der Waals surface area contributed by atoms with Crippen molar-refractivity contribution in [2.24, 2.45) is 0 Å². The van der Waals surface area contributed by atoms with Gasteiger partial charge >= 0.3 is 5.97 Å². The Labute approximate surface area is 121 Å². The third-order valence-electron chi connectivity index (χ3n) is 2.97. The molecule has 2 aromatic rings. The average molecular weight is 291 g/mol. The van der Waals surface area contributed by atoms with Gasteiger partial charge in [0.2, 0.25) is 0 Å². The van der Waals surface area contributed by atoms with Crippen LogP contribution in [0.5, 0.6) is 0 Å². The number of rotatable bonds is 5. The molecule has 0 bridgehead atoms. The molecule has 1 unspecified atom stereocenters. The van der Waals surface area contributed by atoms with Gasteiger partial charge in [0.1, 0.15) is 10.8 Å². The maximum absolute atomic E-state index is 10.9. The average Bonchev–Trinajstić information content (AvgIpc) is 2.87. The first kappa shape index (κ1) is 14.5. The minimum atomic E-state index is -0.956. The number of nitrogens with one attached hydrogen (secondary N) is 1. The first-order chi connectivity index (χ1) is 9.51. The monoisotopic (exact) mass is 291 g/mol. The fourth-order valence-corrected chi connectivity index (χ4v) is 2.70. The molecule has 0 spiro atoms. The summed E-state index contributed by atoms with van der Waals surface area (Å²) in [5.41, 5.74) is 0.730. The quantitative estimate of drug-likeness (QED) is 0.884. The zero-order chi connectivity index (χ0) is 14.7. The zero-order valence-electron chi connectivity index (χ0n) is 11.7. The van der Waals surface area contributed by atoms with E-state index in [9.17, 15) is 4.79 Å². The molecule has 2 heterocycles. The first-order valence-electron chi connectivity index (χ1n) is 6.43. The fourth-order valence-electron chi connectivity index (χ4n) is 1.84. The molecule has 20 heavy (non-hydrogen) atoms. The van der Waals surface area contributed by atoms with Crippen LogP contribution >= 0.6 is 11.3 Å². The fraction of sp³-hybridized carbons (Fsp3) is 0.357. The molecule has 0 amide bonds. The number of carbonyl (C=O) groups is 1. The number of thiazole rings is 1.